The Morgan fingerprint density at radius 1 is 0.947 bits per heavy atom. The lowest BCUT2D eigenvalue weighted by atomic mass is 9.90. The van der Waals surface area contributed by atoms with Gasteiger partial charge in [0, 0.05) is 0 Å². The average molecular weight is 263 g/mol. The van der Waals surface area contributed by atoms with E-state index in [0.717, 1.165) is 25.4 Å². The monoisotopic (exact) mass is 263 g/mol. The minimum absolute atomic E-state index is 0.349. The molecule has 0 fully saturated rings. The van der Waals surface area contributed by atoms with E-state index >= 15 is 0 Å². The Bertz CT molecular complexity index is 343. The maximum atomic E-state index is 9.33. The molecule has 0 saturated heterocycles. The van der Waals surface area contributed by atoms with Gasteiger partial charge in [0.2, 0.25) is 0 Å². The minimum atomic E-state index is 0.349. The van der Waals surface area contributed by atoms with Crippen molar-refractivity contribution in [3.05, 3.63) is 29.8 Å². The van der Waals surface area contributed by atoms with E-state index in [1.54, 1.807) is 12.1 Å². The molecule has 0 saturated carbocycles. The van der Waals surface area contributed by atoms with E-state index in [1.165, 1.54) is 12.0 Å². The van der Waals surface area contributed by atoms with Crippen molar-refractivity contribution in [3.63, 3.8) is 0 Å². The number of hydrogen-bond donors (Lipinski definition) is 2. The first-order chi connectivity index (χ1) is 8.97. The molecule has 0 aliphatic heterocycles. The van der Waals surface area contributed by atoms with Gasteiger partial charge >= 0.3 is 0 Å². The van der Waals surface area contributed by atoms with Gasteiger partial charge in [-0.25, -0.2) is 0 Å². The van der Waals surface area contributed by atoms with E-state index in [9.17, 15) is 5.11 Å². The Morgan fingerprint density at radius 2 is 1.58 bits per heavy atom. The zero-order valence-corrected chi connectivity index (χ0v) is 12.8. The summed E-state index contributed by atoms with van der Waals surface area (Å²) in [5, 5.41) is 12.9. The van der Waals surface area contributed by atoms with Crippen molar-refractivity contribution in [2.45, 2.75) is 40.5 Å². The summed E-state index contributed by atoms with van der Waals surface area (Å²) < 4.78 is 0. The van der Waals surface area contributed by atoms with Crippen molar-refractivity contribution in [3.8, 4) is 5.75 Å². The van der Waals surface area contributed by atoms with Crippen molar-refractivity contribution in [2.24, 2.45) is 17.8 Å². The van der Waals surface area contributed by atoms with E-state index in [2.05, 4.69) is 33.0 Å². The van der Waals surface area contributed by atoms with Crippen LogP contribution in [0.1, 0.15) is 39.7 Å². The molecular weight excluding hydrogens is 234 g/mol. The van der Waals surface area contributed by atoms with Gasteiger partial charge in [0.15, 0.2) is 0 Å². The molecule has 2 heteroatoms. The number of phenols is 1. The maximum absolute atomic E-state index is 9.33. The SMILES string of the molecule is CC(C)CNCC(Cc1ccc(O)cc1)CC(C)C. The van der Waals surface area contributed by atoms with Gasteiger partial charge in [0.25, 0.3) is 0 Å². The Kier molecular flexibility index (Phi) is 6.93. The Morgan fingerprint density at radius 3 is 2.11 bits per heavy atom. The lowest BCUT2D eigenvalue weighted by molar-refractivity contribution is 0.376. The molecule has 1 unspecified atom stereocenters. The summed E-state index contributed by atoms with van der Waals surface area (Å²) in [6, 6.07) is 7.63. The van der Waals surface area contributed by atoms with Crippen LogP contribution < -0.4 is 5.32 Å². The molecule has 1 aromatic carbocycles. The lowest BCUT2D eigenvalue weighted by Crippen LogP contribution is -2.28. The molecule has 19 heavy (non-hydrogen) atoms. The Labute approximate surface area is 118 Å². The summed E-state index contributed by atoms with van der Waals surface area (Å²) in [4.78, 5) is 0. The molecule has 0 aliphatic carbocycles. The Hall–Kier alpha value is -1.02. The molecule has 1 rings (SSSR count). The van der Waals surface area contributed by atoms with E-state index in [1.807, 2.05) is 12.1 Å². The number of hydrogen-bond acceptors (Lipinski definition) is 2. The van der Waals surface area contributed by atoms with E-state index in [0.29, 0.717) is 17.6 Å². The molecule has 2 N–H and O–H groups in total. The van der Waals surface area contributed by atoms with E-state index in [-0.39, 0.29) is 0 Å². The standard InChI is InChI=1S/C17H29NO/c1-13(2)9-16(12-18-11-14(3)4)10-15-5-7-17(19)8-6-15/h5-8,13-14,16,18-19H,9-12H2,1-4H3. The van der Waals surface area contributed by atoms with Crippen molar-refractivity contribution in [1.82, 2.24) is 5.32 Å². The third kappa shape index (κ3) is 7.22. The lowest BCUT2D eigenvalue weighted by Gasteiger charge is -2.20. The number of nitrogens with one attached hydrogen (secondary N) is 1. The van der Waals surface area contributed by atoms with Gasteiger partial charge in [-0.3, -0.25) is 0 Å². The highest BCUT2D eigenvalue weighted by Gasteiger charge is 2.12. The molecule has 0 aromatic heterocycles. The van der Waals surface area contributed by atoms with Crippen LogP contribution in [0.15, 0.2) is 24.3 Å². The number of phenolic OH excluding ortho intramolecular Hbond substituents is 1. The largest absolute Gasteiger partial charge is 0.508 e. The molecule has 108 valence electrons. The van der Waals surface area contributed by atoms with Crippen LogP contribution >= 0.6 is 0 Å². The molecule has 0 bridgehead atoms. The fraction of sp³-hybridized carbons (Fsp3) is 0.647. The van der Waals surface area contributed by atoms with Gasteiger partial charge in [-0.05, 0) is 61.4 Å². The van der Waals surface area contributed by atoms with Crippen LogP contribution in [0.2, 0.25) is 0 Å². The van der Waals surface area contributed by atoms with Gasteiger partial charge < -0.3 is 10.4 Å². The van der Waals surface area contributed by atoms with Gasteiger partial charge in [0.1, 0.15) is 5.75 Å². The summed E-state index contributed by atoms with van der Waals surface area (Å²) in [6.45, 7) is 11.2. The van der Waals surface area contributed by atoms with Crippen molar-refractivity contribution in [1.29, 1.82) is 0 Å². The molecular formula is C17H29NO. The van der Waals surface area contributed by atoms with Crippen molar-refractivity contribution < 1.29 is 5.11 Å². The summed E-state index contributed by atoms with van der Waals surface area (Å²) in [7, 11) is 0. The van der Waals surface area contributed by atoms with Crippen molar-refractivity contribution >= 4 is 0 Å². The molecule has 0 heterocycles. The fourth-order valence-corrected chi connectivity index (χ4v) is 2.45. The maximum Gasteiger partial charge on any atom is 0.115 e. The second kappa shape index (κ2) is 8.21. The van der Waals surface area contributed by atoms with Crippen molar-refractivity contribution in [2.75, 3.05) is 13.1 Å². The summed E-state index contributed by atoms with van der Waals surface area (Å²) >= 11 is 0. The van der Waals surface area contributed by atoms with Crippen LogP contribution in [-0.4, -0.2) is 18.2 Å². The first-order valence-corrected chi connectivity index (χ1v) is 7.46. The number of benzene rings is 1. The second-order valence-electron chi connectivity index (χ2n) is 6.42. The highest BCUT2D eigenvalue weighted by molar-refractivity contribution is 5.26. The molecule has 1 aromatic rings. The average Bonchev–Trinajstić information content (AvgIpc) is 2.30. The predicted molar refractivity (Wildman–Crippen MR) is 82.5 cm³/mol. The first-order valence-electron chi connectivity index (χ1n) is 7.46. The summed E-state index contributed by atoms with van der Waals surface area (Å²) in [5.41, 5.74) is 1.31. The summed E-state index contributed by atoms with van der Waals surface area (Å²) in [6.07, 6.45) is 2.33. The highest BCUT2D eigenvalue weighted by Crippen LogP contribution is 2.18. The van der Waals surface area contributed by atoms with Crippen LogP contribution in [0.5, 0.6) is 5.75 Å². The molecule has 0 spiro atoms. The zero-order chi connectivity index (χ0) is 14.3. The van der Waals surface area contributed by atoms with Crippen LogP contribution in [-0.2, 0) is 6.42 Å². The van der Waals surface area contributed by atoms with Gasteiger partial charge in [-0.15, -0.1) is 0 Å². The quantitative estimate of drug-likeness (QED) is 0.747. The predicted octanol–water partition coefficient (Wildman–Crippen LogP) is 3.84. The van der Waals surface area contributed by atoms with Crippen LogP contribution in [0.3, 0.4) is 0 Å². The minimum Gasteiger partial charge on any atom is -0.508 e. The van der Waals surface area contributed by atoms with Crippen LogP contribution in [0.4, 0.5) is 0 Å². The van der Waals surface area contributed by atoms with Gasteiger partial charge in [0.05, 0.1) is 0 Å². The van der Waals surface area contributed by atoms with Crippen LogP contribution in [0.25, 0.3) is 0 Å². The summed E-state index contributed by atoms with van der Waals surface area (Å²) in [5.74, 6) is 2.45. The third-order valence-corrected chi connectivity index (χ3v) is 3.25. The normalized spacial score (nSPS) is 13.2. The van der Waals surface area contributed by atoms with E-state index < -0.39 is 0 Å². The van der Waals surface area contributed by atoms with E-state index in [4.69, 9.17) is 0 Å². The zero-order valence-electron chi connectivity index (χ0n) is 12.8. The number of rotatable bonds is 8. The fourth-order valence-electron chi connectivity index (χ4n) is 2.45. The highest BCUT2D eigenvalue weighted by atomic mass is 16.3. The smallest absolute Gasteiger partial charge is 0.115 e. The van der Waals surface area contributed by atoms with Gasteiger partial charge in [-0.1, -0.05) is 39.8 Å². The molecule has 0 aliphatic rings. The molecule has 0 amide bonds. The third-order valence-electron chi connectivity index (χ3n) is 3.25. The molecule has 2 nitrogen and oxygen atoms in total. The number of aromatic hydroxyl groups is 1. The topological polar surface area (TPSA) is 32.3 Å². The first kappa shape index (κ1) is 16.0. The van der Waals surface area contributed by atoms with Gasteiger partial charge in [-0.2, -0.15) is 0 Å². The molecule has 0 radical (unpaired) electrons. The Balaban J connectivity index is 2.50. The second-order valence-corrected chi connectivity index (χ2v) is 6.42. The van der Waals surface area contributed by atoms with Crippen LogP contribution in [0, 0.1) is 17.8 Å². The molecule has 1 atom stereocenters.